The van der Waals surface area contributed by atoms with E-state index in [0.29, 0.717) is 12.4 Å². The number of rotatable bonds is 9. The lowest BCUT2D eigenvalue weighted by atomic mass is 10.0. The summed E-state index contributed by atoms with van der Waals surface area (Å²) in [5.74, 6) is 0.539. The highest BCUT2D eigenvalue weighted by Crippen LogP contribution is 2.21. The maximum atomic E-state index is 11.7. The summed E-state index contributed by atoms with van der Waals surface area (Å²) in [7, 11) is 0. The summed E-state index contributed by atoms with van der Waals surface area (Å²) in [6.45, 7) is 4.56. The first-order valence-corrected chi connectivity index (χ1v) is 8.59. The molecule has 0 N–H and O–H groups in total. The minimum absolute atomic E-state index is 0.0192. The maximum absolute atomic E-state index is 11.7. The van der Waals surface area contributed by atoms with E-state index >= 15 is 0 Å². The van der Waals surface area contributed by atoms with Gasteiger partial charge in [-0.05, 0) is 49.2 Å². The lowest BCUT2D eigenvalue weighted by molar-refractivity contribution is -0.149. The summed E-state index contributed by atoms with van der Waals surface area (Å²) in [6, 6.07) is 16.9. The summed E-state index contributed by atoms with van der Waals surface area (Å²) in [6.07, 6.45) is 1.60. The van der Waals surface area contributed by atoms with Crippen molar-refractivity contribution in [3.05, 3.63) is 54.6 Å². The number of nitrogens with zero attached hydrogens (tertiary/aromatic N) is 2. The Morgan fingerprint density at radius 1 is 0.880 bits per heavy atom. The predicted molar refractivity (Wildman–Crippen MR) is 97.6 cm³/mol. The Bertz CT molecular complexity index is 665. The first kappa shape index (κ1) is 18.6. The van der Waals surface area contributed by atoms with E-state index < -0.39 is 0 Å². The lowest BCUT2D eigenvalue weighted by Gasteiger charge is -2.12. The predicted octanol–water partition coefficient (Wildman–Crippen LogP) is 5.46. The van der Waals surface area contributed by atoms with Crippen molar-refractivity contribution in [2.75, 3.05) is 13.2 Å². The van der Waals surface area contributed by atoms with Crippen molar-refractivity contribution < 1.29 is 14.3 Å². The molecule has 0 heterocycles. The first-order valence-electron chi connectivity index (χ1n) is 8.59. The number of ether oxygens (including phenoxy) is 2. The van der Waals surface area contributed by atoms with Gasteiger partial charge >= 0.3 is 5.97 Å². The second kappa shape index (κ2) is 10.2. The molecule has 2 aromatic carbocycles. The molecule has 0 amide bonds. The quantitative estimate of drug-likeness (QED) is 0.346. The lowest BCUT2D eigenvalue weighted by Crippen LogP contribution is -2.19. The van der Waals surface area contributed by atoms with Crippen molar-refractivity contribution in [2.24, 2.45) is 16.1 Å². The van der Waals surface area contributed by atoms with Crippen LogP contribution in [0.25, 0.3) is 0 Å². The zero-order valence-corrected chi connectivity index (χ0v) is 14.7. The van der Waals surface area contributed by atoms with E-state index in [2.05, 4.69) is 10.2 Å². The Labute approximate surface area is 148 Å². The topological polar surface area (TPSA) is 60.2 Å². The molecule has 132 valence electrons. The zero-order valence-electron chi connectivity index (χ0n) is 14.7. The van der Waals surface area contributed by atoms with Crippen LogP contribution in [0.3, 0.4) is 0 Å². The van der Waals surface area contributed by atoms with Gasteiger partial charge in [0.1, 0.15) is 19.0 Å². The highest BCUT2D eigenvalue weighted by molar-refractivity contribution is 5.72. The number of esters is 1. The molecule has 0 aliphatic heterocycles. The number of hydrogen-bond donors (Lipinski definition) is 0. The van der Waals surface area contributed by atoms with Gasteiger partial charge in [-0.1, -0.05) is 32.0 Å². The summed E-state index contributed by atoms with van der Waals surface area (Å²) in [5.41, 5.74) is 1.55. The van der Waals surface area contributed by atoms with E-state index in [9.17, 15) is 4.79 Å². The molecule has 5 heteroatoms. The van der Waals surface area contributed by atoms with Crippen molar-refractivity contribution in [3.8, 4) is 5.75 Å². The van der Waals surface area contributed by atoms with Crippen molar-refractivity contribution in [1.29, 1.82) is 0 Å². The Morgan fingerprint density at radius 2 is 1.48 bits per heavy atom. The van der Waals surface area contributed by atoms with Crippen LogP contribution in [0.2, 0.25) is 0 Å². The molecular formula is C20H24N2O3. The van der Waals surface area contributed by atoms with Gasteiger partial charge in [0.15, 0.2) is 0 Å². The number of carbonyl (C=O) groups excluding carboxylic acids is 1. The van der Waals surface area contributed by atoms with Gasteiger partial charge < -0.3 is 9.47 Å². The normalized spacial score (nSPS) is 11.0. The van der Waals surface area contributed by atoms with Crippen LogP contribution in [0.1, 0.15) is 26.7 Å². The third kappa shape index (κ3) is 6.37. The fourth-order valence-electron chi connectivity index (χ4n) is 2.26. The molecule has 0 radical (unpaired) electrons. The number of benzene rings is 2. The van der Waals surface area contributed by atoms with Crippen molar-refractivity contribution in [1.82, 2.24) is 0 Å². The molecule has 2 aromatic rings. The minimum atomic E-state index is -0.148. The highest BCUT2D eigenvalue weighted by atomic mass is 16.6. The van der Waals surface area contributed by atoms with Crippen LogP contribution in [0.5, 0.6) is 5.75 Å². The smallest absolute Gasteiger partial charge is 0.309 e. The average molecular weight is 340 g/mol. The summed E-state index contributed by atoms with van der Waals surface area (Å²) < 4.78 is 10.8. The van der Waals surface area contributed by atoms with Gasteiger partial charge in [-0.3, -0.25) is 4.79 Å². The van der Waals surface area contributed by atoms with Crippen LogP contribution in [0.15, 0.2) is 64.8 Å². The van der Waals surface area contributed by atoms with E-state index in [4.69, 9.17) is 9.47 Å². The Hall–Kier alpha value is -2.69. The molecule has 0 aliphatic carbocycles. The fourth-order valence-corrected chi connectivity index (χ4v) is 2.26. The molecule has 0 spiro atoms. The van der Waals surface area contributed by atoms with Gasteiger partial charge in [0.2, 0.25) is 0 Å². The summed E-state index contributed by atoms with van der Waals surface area (Å²) in [4.78, 5) is 11.7. The molecule has 0 atom stereocenters. The molecule has 2 rings (SSSR count). The van der Waals surface area contributed by atoms with E-state index in [1.807, 2.05) is 68.4 Å². The average Bonchev–Trinajstić information content (AvgIpc) is 2.66. The Kier molecular flexibility index (Phi) is 7.63. The van der Waals surface area contributed by atoms with E-state index in [0.717, 1.165) is 24.2 Å². The van der Waals surface area contributed by atoms with Crippen molar-refractivity contribution in [2.45, 2.75) is 26.7 Å². The Balaban J connectivity index is 1.75. The third-order valence-electron chi connectivity index (χ3n) is 3.79. The second-order valence-corrected chi connectivity index (χ2v) is 5.56. The molecule has 5 nitrogen and oxygen atoms in total. The zero-order chi connectivity index (χ0) is 17.9. The maximum Gasteiger partial charge on any atom is 0.309 e. The van der Waals surface area contributed by atoms with Crippen LogP contribution in [0.4, 0.5) is 11.4 Å². The molecule has 0 bridgehead atoms. The van der Waals surface area contributed by atoms with Gasteiger partial charge in [0.25, 0.3) is 0 Å². The molecule has 0 aliphatic rings. The van der Waals surface area contributed by atoms with Crippen molar-refractivity contribution >= 4 is 17.3 Å². The monoisotopic (exact) mass is 340 g/mol. The van der Waals surface area contributed by atoms with E-state index in [1.165, 1.54) is 0 Å². The van der Waals surface area contributed by atoms with Crippen molar-refractivity contribution in [3.63, 3.8) is 0 Å². The van der Waals surface area contributed by atoms with Gasteiger partial charge in [-0.2, -0.15) is 10.2 Å². The molecule has 25 heavy (non-hydrogen) atoms. The van der Waals surface area contributed by atoms with Gasteiger partial charge in [0, 0.05) is 0 Å². The number of carbonyl (C=O) groups is 1. The molecule has 0 saturated carbocycles. The van der Waals surface area contributed by atoms with Crippen LogP contribution < -0.4 is 4.74 Å². The fraction of sp³-hybridized carbons (Fsp3) is 0.350. The second-order valence-electron chi connectivity index (χ2n) is 5.56. The SMILES string of the molecule is CCC(CC)C(=O)OCCOc1ccc(N=Nc2ccccc2)cc1. The molecular weight excluding hydrogens is 316 g/mol. The first-order chi connectivity index (χ1) is 12.2. The standard InChI is InChI=1S/C20H24N2O3/c1-3-16(4-2)20(23)25-15-14-24-19-12-10-18(11-13-19)22-21-17-8-6-5-7-9-17/h5-13,16H,3-4,14-15H2,1-2H3. The number of hydrogen-bond acceptors (Lipinski definition) is 5. The minimum Gasteiger partial charge on any atom is -0.490 e. The van der Waals surface area contributed by atoms with Gasteiger partial charge in [-0.15, -0.1) is 0 Å². The highest BCUT2D eigenvalue weighted by Gasteiger charge is 2.15. The third-order valence-corrected chi connectivity index (χ3v) is 3.79. The van der Waals surface area contributed by atoms with Gasteiger partial charge in [-0.25, -0.2) is 0 Å². The largest absolute Gasteiger partial charge is 0.490 e. The van der Waals surface area contributed by atoms with E-state index in [1.54, 1.807) is 0 Å². The van der Waals surface area contributed by atoms with Gasteiger partial charge in [0.05, 0.1) is 17.3 Å². The summed E-state index contributed by atoms with van der Waals surface area (Å²) >= 11 is 0. The van der Waals surface area contributed by atoms with Crippen LogP contribution in [0, 0.1) is 5.92 Å². The Morgan fingerprint density at radius 3 is 2.08 bits per heavy atom. The molecule has 0 saturated heterocycles. The molecule has 0 unspecified atom stereocenters. The van der Waals surface area contributed by atoms with Crippen LogP contribution >= 0.6 is 0 Å². The number of azo groups is 1. The molecule has 0 aromatic heterocycles. The van der Waals surface area contributed by atoms with Crippen LogP contribution in [-0.2, 0) is 9.53 Å². The molecule has 0 fully saturated rings. The summed E-state index contributed by atoms with van der Waals surface area (Å²) in [5, 5.41) is 8.34. The van der Waals surface area contributed by atoms with Crippen LogP contribution in [-0.4, -0.2) is 19.2 Å². The van der Waals surface area contributed by atoms with E-state index in [-0.39, 0.29) is 18.5 Å².